The van der Waals surface area contributed by atoms with E-state index in [0.29, 0.717) is 22.8 Å². The van der Waals surface area contributed by atoms with Crippen molar-refractivity contribution in [3.63, 3.8) is 0 Å². The van der Waals surface area contributed by atoms with Crippen molar-refractivity contribution in [2.24, 2.45) is 0 Å². The van der Waals surface area contributed by atoms with E-state index in [2.05, 4.69) is 15.6 Å². The Kier molecular flexibility index (Phi) is 6.18. The first-order valence-corrected chi connectivity index (χ1v) is 10.6. The van der Waals surface area contributed by atoms with Crippen LogP contribution in [0, 0.1) is 18.6 Å². The van der Waals surface area contributed by atoms with E-state index in [1.54, 1.807) is 30.5 Å². The summed E-state index contributed by atoms with van der Waals surface area (Å²) in [5, 5.41) is 4.94. The van der Waals surface area contributed by atoms with Gasteiger partial charge in [0, 0.05) is 29.0 Å². The fourth-order valence-corrected chi connectivity index (χ4v) is 3.95. The molecule has 9 heteroatoms. The summed E-state index contributed by atoms with van der Waals surface area (Å²) >= 11 is 1.39. The van der Waals surface area contributed by atoms with Gasteiger partial charge >= 0.3 is 6.03 Å². The number of nitrogens with zero attached hydrogens (tertiary/aromatic N) is 2. The summed E-state index contributed by atoms with van der Waals surface area (Å²) in [6.45, 7) is 1.90. The first-order chi connectivity index (χ1) is 15.4. The van der Waals surface area contributed by atoms with Crippen molar-refractivity contribution < 1.29 is 13.6 Å². The van der Waals surface area contributed by atoms with Crippen molar-refractivity contribution in [2.45, 2.75) is 17.6 Å². The number of nitrogens with one attached hydrogen (secondary N) is 2. The maximum atomic E-state index is 13.8. The number of carbonyl (C=O) groups excluding carboxylic acids is 1. The lowest BCUT2D eigenvalue weighted by Crippen LogP contribution is -2.20. The first-order valence-electron chi connectivity index (χ1n) is 9.63. The summed E-state index contributed by atoms with van der Waals surface area (Å²) in [6.07, 6.45) is 1.74. The van der Waals surface area contributed by atoms with Gasteiger partial charge in [0.15, 0.2) is 0 Å². The van der Waals surface area contributed by atoms with Crippen LogP contribution in [0.25, 0.3) is 5.65 Å². The highest BCUT2D eigenvalue weighted by Crippen LogP contribution is 2.29. The molecule has 2 amide bonds. The molecular formula is C23H18F2N4O2S. The Morgan fingerprint density at radius 2 is 1.81 bits per heavy atom. The van der Waals surface area contributed by atoms with Crippen LogP contribution in [-0.2, 0) is 5.75 Å². The minimum absolute atomic E-state index is 0.169. The number of urea groups is 1. The van der Waals surface area contributed by atoms with Crippen LogP contribution < -0.4 is 16.2 Å². The Balaban J connectivity index is 1.48. The molecule has 4 rings (SSSR count). The smallest absolute Gasteiger partial charge is 0.307 e. The molecule has 2 aromatic carbocycles. The van der Waals surface area contributed by atoms with E-state index in [1.165, 1.54) is 22.2 Å². The fourth-order valence-electron chi connectivity index (χ4n) is 3.05. The number of anilines is 2. The number of halogens is 2. The highest BCUT2D eigenvalue weighted by atomic mass is 32.2. The molecule has 0 radical (unpaired) electrons. The predicted molar refractivity (Wildman–Crippen MR) is 121 cm³/mol. The van der Waals surface area contributed by atoms with Crippen LogP contribution in [0.2, 0.25) is 0 Å². The zero-order chi connectivity index (χ0) is 22.7. The van der Waals surface area contributed by atoms with E-state index >= 15 is 0 Å². The van der Waals surface area contributed by atoms with Gasteiger partial charge in [0.1, 0.15) is 17.3 Å². The quantitative estimate of drug-likeness (QED) is 0.407. The Bertz CT molecular complexity index is 1370. The molecule has 2 aromatic heterocycles. The number of pyridine rings is 1. The minimum Gasteiger partial charge on any atom is -0.307 e. The van der Waals surface area contributed by atoms with E-state index in [-0.39, 0.29) is 11.2 Å². The lowest BCUT2D eigenvalue weighted by atomic mass is 10.3. The lowest BCUT2D eigenvalue weighted by Gasteiger charge is -2.12. The lowest BCUT2D eigenvalue weighted by molar-refractivity contribution is 0.262. The summed E-state index contributed by atoms with van der Waals surface area (Å²) in [5.74, 6) is -1.00. The topological polar surface area (TPSA) is 75.5 Å². The van der Waals surface area contributed by atoms with Gasteiger partial charge in [-0.25, -0.2) is 18.6 Å². The van der Waals surface area contributed by atoms with Gasteiger partial charge in [0.05, 0.1) is 17.1 Å². The highest BCUT2D eigenvalue weighted by Gasteiger charge is 2.11. The number of hydrogen-bond acceptors (Lipinski definition) is 4. The van der Waals surface area contributed by atoms with E-state index in [1.807, 2.05) is 19.1 Å². The molecule has 32 heavy (non-hydrogen) atoms. The van der Waals surface area contributed by atoms with Gasteiger partial charge in [-0.2, -0.15) is 0 Å². The number of benzene rings is 2. The third-order valence-electron chi connectivity index (χ3n) is 4.55. The Morgan fingerprint density at radius 1 is 1.03 bits per heavy atom. The number of para-hydroxylation sites is 1. The van der Waals surface area contributed by atoms with Gasteiger partial charge < -0.3 is 10.6 Å². The molecule has 4 aromatic rings. The number of hydrogen-bond donors (Lipinski definition) is 2. The second-order valence-corrected chi connectivity index (χ2v) is 8.03. The molecule has 0 saturated carbocycles. The minimum atomic E-state index is -0.743. The first kappa shape index (κ1) is 21.5. The molecular weight excluding hydrogens is 434 g/mol. The van der Waals surface area contributed by atoms with E-state index in [0.717, 1.165) is 28.7 Å². The van der Waals surface area contributed by atoms with E-state index in [4.69, 9.17) is 0 Å². The van der Waals surface area contributed by atoms with Gasteiger partial charge in [0.25, 0.3) is 5.56 Å². The van der Waals surface area contributed by atoms with Crippen molar-refractivity contribution in [1.29, 1.82) is 0 Å². The zero-order valence-corrected chi connectivity index (χ0v) is 17.7. The Hall–Kier alpha value is -3.72. The highest BCUT2D eigenvalue weighted by molar-refractivity contribution is 7.98. The second kappa shape index (κ2) is 9.19. The summed E-state index contributed by atoms with van der Waals surface area (Å²) in [6, 6.07) is 14.3. The number of carbonyl (C=O) groups is 1. The van der Waals surface area contributed by atoms with Crippen molar-refractivity contribution >= 4 is 34.8 Å². The molecule has 0 saturated heterocycles. The third kappa shape index (κ3) is 4.94. The molecule has 0 aliphatic carbocycles. The predicted octanol–water partition coefficient (Wildman–Crippen LogP) is 5.22. The van der Waals surface area contributed by atoms with Crippen molar-refractivity contribution in [2.75, 3.05) is 10.6 Å². The number of aromatic nitrogens is 2. The van der Waals surface area contributed by atoms with Crippen molar-refractivity contribution in [3.8, 4) is 0 Å². The maximum absolute atomic E-state index is 13.8. The largest absolute Gasteiger partial charge is 0.323 e. The summed E-state index contributed by atoms with van der Waals surface area (Å²) in [5.41, 5.74) is 2.17. The SMILES string of the molecule is Cc1ccc2nc(CSc3ccccc3NC(=O)Nc3cc(F)ccc3F)cc(=O)n2c1. The molecule has 0 bridgehead atoms. The van der Waals surface area contributed by atoms with Crippen molar-refractivity contribution in [3.05, 3.63) is 100 Å². The normalized spacial score (nSPS) is 10.8. The van der Waals surface area contributed by atoms with Gasteiger partial charge in [-0.1, -0.05) is 18.2 Å². The molecule has 162 valence electrons. The second-order valence-electron chi connectivity index (χ2n) is 7.01. The van der Waals surface area contributed by atoms with Crippen LogP contribution >= 0.6 is 11.8 Å². The van der Waals surface area contributed by atoms with Crippen molar-refractivity contribution in [1.82, 2.24) is 9.38 Å². The molecule has 0 unspecified atom stereocenters. The summed E-state index contributed by atoms with van der Waals surface area (Å²) in [7, 11) is 0. The standard InChI is InChI=1S/C23H18F2N4O2S/c1-14-6-9-21-26-16(11-22(30)29(21)12-14)13-32-20-5-3-2-4-18(20)27-23(31)28-19-10-15(24)7-8-17(19)25/h2-12H,13H2,1H3,(H2,27,28,31). The number of fused-ring (bicyclic) bond motifs is 1. The van der Waals surface area contributed by atoms with Gasteiger partial charge in [-0.15, -0.1) is 11.8 Å². The molecule has 2 heterocycles. The van der Waals surface area contributed by atoms with Crippen LogP contribution in [-0.4, -0.2) is 15.4 Å². The molecule has 0 aliphatic rings. The van der Waals surface area contributed by atoms with Crippen LogP contribution in [0.5, 0.6) is 0 Å². The molecule has 0 aliphatic heterocycles. The molecule has 6 nitrogen and oxygen atoms in total. The van der Waals surface area contributed by atoms with Crippen LogP contribution in [0.1, 0.15) is 11.3 Å². The van der Waals surface area contributed by atoms with E-state index in [9.17, 15) is 18.4 Å². The zero-order valence-electron chi connectivity index (χ0n) is 16.9. The number of amides is 2. The van der Waals surface area contributed by atoms with E-state index < -0.39 is 17.7 Å². The average molecular weight is 452 g/mol. The monoisotopic (exact) mass is 452 g/mol. The van der Waals surface area contributed by atoms with Gasteiger partial charge in [-0.05, 0) is 42.8 Å². The Labute approximate surface area is 186 Å². The molecule has 0 atom stereocenters. The maximum Gasteiger partial charge on any atom is 0.323 e. The molecule has 2 N–H and O–H groups in total. The van der Waals surface area contributed by atoms with Gasteiger partial charge in [-0.3, -0.25) is 9.20 Å². The average Bonchev–Trinajstić information content (AvgIpc) is 2.76. The Morgan fingerprint density at radius 3 is 2.66 bits per heavy atom. The third-order valence-corrected chi connectivity index (χ3v) is 5.66. The number of aryl methyl sites for hydroxylation is 1. The number of thioether (sulfide) groups is 1. The number of rotatable bonds is 5. The van der Waals surface area contributed by atoms with Crippen LogP contribution in [0.4, 0.5) is 25.0 Å². The summed E-state index contributed by atoms with van der Waals surface area (Å²) in [4.78, 5) is 30.0. The van der Waals surface area contributed by atoms with Crippen LogP contribution in [0.15, 0.2) is 76.6 Å². The molecule has 0 fully saturated rings. The van der Waals surface area contributed by atoms with Crippen LogP contribution in [0.3, 0.4) is 0 Å². The van der Waals surface area contributed by atoms with Gasteiger partial charge in [0.2, 0.25) is 0 Å². The fraction of sp³-hybridized carbons (Fsp3) is 0.0870. The summed E-state index contributed by atoms with van der Waals surface area (Å²) < 4.78 is 28.6. The molecule has 0 spiro atoms.